The maximum Gasteiger partial charge on any atom is 0.339 e. The first-order valence-electron chi connectivity index (χ1n) is 5.13. The van der Waals surface area contributed by atoms with E-state index >= 15 is 0 Å². The Morgan fingerprint density at radius 2 is 1.95 bits per heavy atom. The quantitative estimate of drug-likeness (QED) is 0.874. The number of benzene rings is 2. The van der Waals surface area contributed by atoms with Crippen LogP contribution in [0.2, 0.25) is 5.02 Å². The van der Waals surface area contributed by atoms with Crippen LogP contribution in [-0.4, -0.2) is 11.1 Å². The predicted octanol–water partition coefficient (Wildman–Crippen LogP) is 4.73. The maximum atomic E-state index is 13.5. The van der Waals surface area contributed by atoms with Crippen LogP contribution in [0.4, 0.5) is 4.39 Å². The summed E-state index contributed by atoms with van der Waals surface area (Å²) in [7, 11) is 0. The number of hydrogen-bond acceptors (Lipinski definition) is 2. The molecule has 0 bridgehead atoms. The summed E-state index contributed by atoms with van der Waals surface area (Å²) < 4.78 is 19.5. The van der Waals surface area contributed by atoms with Gasteiger partial charge < -0.3 is 9.84 Å². The van der Waals surface area contributed by atoms with Crippen molar-refractivity contribution < 1.29 is 19.0 Å². The van der Waals surface area contributed by atoms with Gasteiger partial charge in [0.1, 0.15) is 11.3 Å². The highest BCUT2D eigenvalue weighted by Gasteiger charge is 2.14. The molecule has 0 saturated heterocycles. The SMILES string of the molecule is O=C(O)c1cc(Cl)ccc1Oc1cc(Br)ccc1F. The average molecular weight is 346 g/mol. The Balaban J connectivity index is 2.43. The molecule has 98 valence electrons. The van der Waals surface area contributed by atoms with E-state index in [9.17, 15) is 9.18 Å². The minimum atomic E-state index is -1.20. The number of rotatable bonds is 3. The molecule has 0 fully saturated rings. The molecule has 0 heterocycles. The lowest BCUT2D eigenvalue weighted by Gasteiger charge is -2.10. The zero-order chi connectivity index (χ0) is 14.0. The highest BCUT2D eigenvalue weighted by Crippen LogP contribution is 2.31. The van der Waals surface area contributed by atoms with Crippen molar-refractivity contribution in [3.8, 4) is 11.5 Å². The molecule has 2 rings (SSSR count). The summed E-state index contributed by atoms with van der Waals surface area (Å²) >= 11 is 8.90. The molecule has 0 aliphatic rings. The van der Waals surface area contributed by atoms with Crippen LogP contribution >= 0.6 is 27.5 Å². The Bertz CT molecular complexity index is 646. The fourth-order valence-corrected chi connectivity index (χ4v) is 1.94. The van der Waals surface area contributed by atoms with Crippen molar-refractivity contribution in [2.75, 3.05) is 0 Å². The fraction of sp³-hybridized carbons (Fsp3) is 0. The molecule has 0 aromatic heterocycles. The first-order chi connectivity index (χ1) is 8.97. The molecule has 2 aromatic rings. The van der Waals surface area contributed by atoms with Crippen LogP contribution in [0.15, 0.2) is 40.9 Å². The van der Waals surface area contributed by atoms with Crippen molar-refractivity contribution in [2.24, 2.45) is 0 Å². The van der Waals surface area contributed by atoms with E-state index in [2.05, 4.69) is 15.9 Å². The van der Waals surface area contributed by atoms with Crippen molar-refractivity contribution in [1.29, 1.82) is 0 Å². The van der Waals surface area contributed by atoms with Gasteiger partial charge in [-0.1, -0.05) is 27.5 Å². The van der Waals surface area contributed by atoms with E-state index in [4.69, 9.17) is 21.4 Å². The van der Waals surface area contributed by atoms with Gasteiger partial charge in [-0.15, -0.1) is 0 Å². The van der Waals surface area contributed by atoms with E-state index in [1.165, 1.54) is 36.4 Å². The zero-order valence-corrected chi connectivity index (χ0v) is 11.7. The summed E-state index contributed by atoms with van der Waals surface area (Å²) in [5.74, 6) is -1.84. The van der Waals surface area contributed by atoms with Crippen molar-refractivity contribution >= 4 is 33.5 Å². The number of ether oxygens (including phenoxy) is 1. The first-order valence-corrected chi connectivity index (χ1v) is 6.30. The highest BCUT2D eigenvalue weighted by atomic mass is 79.9. The summed E-state index contributed by atoms with van der Waals surface area (Å²) in [6.45, 7) is 0. The van der Waals surface area contributed by atoms with Crippen LogP contribution in [0.1, 0.15) is 10.4 Å². The van der Waals surface area contributed by atoms with Crippen LogP contribution in [0.25, 0.3) is 0 Å². The van der Waals surface area contributed by atoms with Crippen molar-refractivity contribution in [3.05, 3.63) is 57.3 Å². The number of hydrogen-bond donors (Lipinski definition) is 1. The standard InChI is InChI=1S/C13H7BrClFO3/c14-7-1-3-10(16)12(5-7)19-11-4-2-8(15)6-9(11)13(17)18/h1-6H,(H,17,18). The topological polar surface area (TPSA) is 46.5 Å². The molecule has 0 amide bonds. The molecule has 0 aliphatic carbocycles. The van der Waals surface area contributed by atoms with Gasteiger partial charge in [0.2, 0.25) is 0 Å². The van der Waals surface area contributed by atoms with Crippen molar-refractivity contribution in [1.82, 2.24) is 0 Å². The third kappa shape index (κ3) is 3.24. The molecule has 0 saturated carbocycles. The van der Waals surface area contributed by atoms with Gasteiger partial charge in [-0.05, 0) is 36.4 Å². The van der Waals surface area contributed by atoms with Gasteiger partial charge in [-0.2, -0.15) is 0 Å². The number of carboxylic acids is 1. The van der Waals surface area contributed by atoms with Gasteiger partial charge >= 0.3 is 5.97 Å². The zero-order valence-electron chi connectivity index (χ0n) is 9.36. The van der Waals surface area contributed by atoms with E-state index in [1.54, 1.807) is 0 Å². The smallest absolute Gasteiger partial charge is 0.339 e. The largest absolute Gasteiger partial charge is 0.478 e. The molecular formula is C13H7BrClFO3. The van der Waals surface area contributed by atoms with Crippen LogP contribution in [0, 0.1) is 5.82 Å². The molecule has 3 nitrogen and oxygen atoms in total. The van der Waals surface area contributed by atoms with E-state index in [-0.39, 0.29) is 22.1 Å². The number of carboxylic acid groups (broad SMARTS) is 1. The van der Waals surface area contributed by atoms with Crippen molar-refractivity contribution in [3.63, 3.8) is 0 Å². The summed E-state index contributed by atoms with van der Waals surface area (Å²) in [6, 6.07) is 8.24. The highest BCUT2D eigenvalue weighted by molar-refractivity contribution is 9.10. The van der Waals surface area contributed by atoms with Gasteiger partial charge in [-0.25, -0.2) is 9.18 Å². The van der Waals surface area contributed by atoms with Gasteiger partial charge in [0.05, 0.1) is 0 Å². The van der Waals surface area contributed by atoms with E-state index in [1.807, 2.05) is 0 Å². The predicted molar refractivity (Wildman–Crippen MR) is 72.6 cm³/mol. The van der Waals surface area contributed by atoms with Crippen molar-refractivity contribution in [2.45, 2.75) is 0 Å². The molecule has 6 heteroatoms. The van der Waals surface area contributed by atoms with Gasteiger partial charge in [0, 0.05) is 9.50 Å². The first kappa shape index (κ1) is 13.8. The summed E-state index contributed by atoms with van der Waals surface area (Å²) in [5.41, 5.74) is -0.133. The van der Waals surface area contributed by atoms with Crippen LogP contribution in [-0.2, 0) is 0 Å². The van der Waals surface area contributed by atoms with Crippen LogP contribution in [0.5, 0.6) is 11.5 Å². The second kappa shape index (κ2) is 5.59. The normalized spacial score (nSPS) is 10.3. The molecule has 0 atom stereocenters. The monoisotopic (exact) mass is 344 g/mol. The molecule has 1 N–H and O–H groups in total. The number of aromatic carboxylic acids is 1. The summed E-state index contributed by atoms with van der Waals surface area (Å²) in [4.78, 5) is 11.1. The summed E-state index contributed by atoms with van der Waals surface area (Å²) in [5, 5.41) is 9.31. The third-order valence-corrected chi connectivity index (χ3v) is 3.01. The fourth-order valence-electron chi connectivity index (χ4n) is 1.43. The molecule has 19 heavy (non-hydrogen) atoms. The Morgan fingerprint density at radius 3 is 2.63 bits per heavy atom. The van der Waals surface area contributed by atoms with Gasteiger partial charge in [-0.3, -0.25) is 0 Å². The second-order valence-corrected chi connectivity index (χ2v) is 4.97. The van der Waals surface area contributed by atoms with Crippen LogP contribution in [0.3, 0.4) is 0 Å². The molecule has 2 aromatic carbocycles. The molecule has 0 spiro atoms. The Morgan fingerprint density at radius 1 is 1.21 bits per heavy atom. The lowest BCUT2D eigenvalue weighted by Crippen LogP contribution is -2.00. The average Bonchev–Trinajstić information content (AvgIpc) is 2.35. The minimum Gasteiger partial charge on any atom is -0.478 e. The molecule has 0 aliphatic heterocycles. The van der Waals surface area contributed by atoms with Gasteiger partial charge in [0.25, 0.3) is 0 Å². The Kier molecular flexibility index (Phi) is 4.07. The maximum absolute atomic E-state index is 13.5. The van der Waals surface area contributed by atoms with Gasteiger partial charge in [0.15, 0.2) is 11.6 Å². The Labute approximate surface area is 121 Å². The Hall–Kier alpha value is -1.59. The van der Waals surface area contributed by atoms with E-state index < -0.39 is 11.8 Å². The lowest BCUT2D eigenvalue weighted by molar-refractivity contribution is 0.0694. The molecule has 0 radical (unpaired) electrons. The number of halogens is 3. The second-order valence-electron chi connectivity index (χ2n) is 3.62. The van der Waals surface area contributed by atoms with E-state index in [0.29, 0.717) is 4.47 Å². The summed E-state index contributed by atoms with van der Waals surface area (Å²) in [6.07, 6.45) is 0. The lowest BCUT2D eigenvalue weighted by atomic mass is 10.2. The van der Waals surface area contributed by atoms with Crippen LogP contribution < -0.4 is 4.74 Å². The number of carbonyl (C=O) groups is 1. The molecule has 0 unspecified atom stereocenters. The molecular weight excluding hydrogens is 338 g/mol. The third-order valence-electron chi connectivity index (χ3n) is 2.29. The minimum absolute atomic E-state index is 0.0221. The van der Waals surface area contributed by atoms with E-state index in [0.717, 1.165) is 0 Å².